The first-order valence-corrected chi connectivity index (χ1v) is 6.05. The van der Waals surface area contributed by atoms with Gasteiger partial charge in [-0.2, -0.15) is 0 Å². The fourth-order valence-corrected chi connectivity index (χ4v) is 1.87. The van der Waals surface area contributed by atoms with Gasteiger partial charge in [0.15, 0.2) is 0 Å². The fourth-order valence-electron chi connectivity index (χ4n) is 1.76. The number of alkyl halides is 1. The maximum absolute atomic E-state index is 5.64. The van der Waals surface area contributed by atoms with Gasteiger partial charge in [0.2, 0.25) is 5.89 Å². The van der Waals surface area contributed by atoms with E-state index in [1.807, 2.05) is 0 Å². The third-order valence-corrected chi connectivity index (χ3v) is 3.18. The summed E-state index contributed by atoms with van der Waals surface area (Å²) >= 11 is 5.64. The average Bonchev–Trinajstić information content (AvgIpc) is 3.14. The molecule has 2 fully saturated rings. The highest BCUT2D eigenvalue weighted by molar-refractivity contribution is 6.16. The van der Waals surface area contributed by atoms with Gasteiger partial charge in [0.05, 0.1) is 0 Å². The molecule has 2 saturated carbocycles. The van der Waals surface area contributed by atoms with Crippen LogP contribution in [0.25, 0.3) is 0 Å². The molecule has 0 unspecified atom stereocenters. The van der Waals surface area contributed by atoms with Gasteiger partial charge in [0.25, 0.3) is 0 Å². The van der Waals surface area contributed by atoms with E-state index in [9.17, 15) is 0 Å². The maximum atomic E-state index is 5.64. The van der Waals surface area contributed by atoms with E-state index in [1.165, 1.54) is 25.7 Å². The highest BCUT2D eigenvalue weighted by Crippen LogP contribution is 2.37. The summed E-state index contributed by atoms with van der Waals surface area (Å²) in [4.78, 5) is 2.26. The first-order chi connectivity index (χ1) is 7.36. The minimum Gasteiger partial charge on any atom is -0.407 e. The molecule has 3 rings (SSSR count). The third kappa shape index (κ3) is 2.09. The molecule has 5 heteroatoms. The molecule has 82 valence electrons. The van der Waals surface area contributed by atoms with E-state index in [1.54, 1.807) is 0 Å². The Balaban J connectivity index is 1.74. The van der Waals surface area contributed by atoms with Crippen molar-refractivity contribution in [1.29, 1.82) is 0 Å². The second kappa shape index (κ2) is 3.67. The Hall–Kier alpha value is -0.770. The van der Waals surface area contributed by atoms with E-state index < -0.39 is 0 Å². The largest absolute Gasteiger partial charge is 0.407 e. The van der Waals surface area contributed by atoms with Crippen LogP contribution in [0.5, 0.6) is 0 Å². The lowest BCUT2D eigenvalue weighted by Crippen LogP contribution is -2.28. The molecule has 0 aliphatic heterocycles. The SMILES string of the molecule is ClCc1nnc(N(CC2CC2)C2CC2)o1. The molecule has 0 bridgehead atoms. The van der Waals surface area contributed by atoms with Crippen LogP contribution >= 0.6 is 11.6 Å². The lowest BCUT2D eigenvalue weighted by molar-refractivity contribution is 0.492. The van der Waals surface area contributed by atoms with Crippen LogP contribution < -0.4 is 4.90 Å². The van der Waals surface area contributed by atoms with Gasteiger partial charge in [-0.25, -0.2) is 0 Å². The number of nitrogens with zero attached hydrogens (tertiary/aromatic N) is 3. The van der Waals surface area contributed by atoms with Crippen LogP contribution in [0.15, 0.2) is 4.42 Å². The van der Waals surface area contributed by atoms with Gasteiger partial charge in [-0.1, -0.05) is 5.10 Å². The Morgan fingerprint density at radius 2 is 2.07 bits per heavy atom. The zero-order valence-corrected chi connectivity index (χ0v) is 9.28. The van der Waals surface area contributed by atoms with Gasteiger partial charge in [0.1, 0.15) is 5.88 Å². The van der Waals surface area contributed by atoms with Crippen molar-refractivity contribution >= 4 is 17.6 Å². The smallest absolute Gasteiger partial charge is 0.318 e. The van der Waals surface area contributed by atoms with Crippen molar-refractivity contribution in [2.75, 3.05) is 11.4 Å². The summed E-state index contributed by atoms with van der Waals surface area (Å²) in [5.41, 5.74) is 0. The van der Waals surface area contributed by atoms with Crippen LogP contribution in [0.1, 0.15) is 31.6 Å². The molecule has 0 saturated heterocycles. The summed E-state index contributed by atoms with van der Waals surface area (Å²) in [6.45, 7) is 1.08. The molecular formula is C10H14ClN3O. The van der Waals surface area contributed by atoms with E-state index in [-0.39, 0.29) is 0 Å². The number of hydrogen-bond donors (Lipinski definition) is 0. The number of aromatic nitrogens is 2. The topological polar surface area (TPSA) is 42.2 Å². The first kappa shape index (κ1) is 9.46. The Kier molecular flexibility index (Phi) is 2.31. The first-order valence-electron chi connectivity index (χ1n) is 5.52. The van der Waals surface area contributed by atoms with E-state index in [0.717, 1.165) is 12.5 Å². The van der Waals surface area contributed by atoms with Crippen LogP contribution in [0, 0.1) is 5.92 Å². The number of halogens is 1. The van der Waals surface area contributed by atoms with Crippen LogP contribution in [0.3, 0.4) is 0 Å². The molecule has 4 nitrogen and oxygen atoms in total. The maximum Gasteiger partial charge on any atom is 0.318 e. The summed E-state index contributed by atoms with van der Waals surface area (Å²) < 4.78 is 5.50. The van der Waals surface area contributed by atoms with Crippen LogP contribution in [-0.4, -0.2) is 22.8 Å². The van der Waals surface area contributed by atoms with Crippen molar-refractivity contribution in [3.05, 3.63) is 5.89 Å². The predicted molar refractivity (Wildman–Crippen MR) is 56.9 cm³/mol. The average molecular weight is 228 g/mol. The molecular weight excluding hydrogens is 214 g/mol. The minimum absolute atomic E-state index is 0.301. The molecule has 1 heterocycles. The normalized spacial score (nSPS) is 20.6. The second-order valence-corrected chi connectivity index (χ2v) is 4.71. The predicted octanol–water partition coefficient (Wildman–Crippen LogP) is 2.19. The Labute approximate surface area is 93.6 Å². The quantitative estimate of drug-likeness (QED) is 0.724. The summed E-state index contributed by atoms with van der Waals surface area (Å²) in [6, 6.07) is 1.30. The van der Waals surface area contributed by atoms with Crippen LogP contribution in [0.2, 0.25) is 0 Å². The van der Waals surface area contributed by atoms with Gasteiger partial charge in [-0.15, -0.1) is 16.7 Å². The molecule has 1 aromatic heterocycles. The van der Waals surface area contributed by atoms with Gasteiger partial charge in [-0.05, 0) is 31.6 Å². The molecule has 1 aromatic rings. The lowest BCUT2D eigenvalue weighted by atomic mass is 10.4. The standard InChI is InChI=1S/C10H14ClN3O/c11-5-9-12-13-10(15-9)14(8-3-4-8)6-7-1-2-7/h7-8H,1-6H2. The van der Waals surface area contributed by atoms with Crippen molar-refractivity contribution in [1.82, 2.24) is 10.2 Å². The number of anilines is 1. The molecule has 0 amide bonds. The fraction of sp³-hybridized carbons (Fsp3) is 0.800. The highest BCUT2D eigenvalue weighted by atomic mass is 35.5. The van der Waals surface area contributed by atoms with E-state index >= 15 is 0 Å². The third-order valence-electron chi connectivity index (χ3n) is 2.96. The van der Waals surface area contributed by atoms with E-state index in [2.05, 4.69) is 15.1 Å². The second-order valence-electron chi connectivity index (χ2n) is 4.44. The van der Waals surface area contributed by atoms with Crippen molar-refractivity contribution in [3.8, 4) is 0 Å². The molecule has 0 aromatic carbocycles. The monoisotopic (exact) mass is 227 g/mol. The van der Waals surface area contributed by atoms with Crippen molar-refractivity contribution in [2.45, 2.75) is 37.6 Å². The zero-order valence-electron chi connectivity index (χ0n) is 8.53. The summed E-state index contributed by atoms with van der Waals surface area (Å²) in [6.07, 6.45) is 5.20. The van der Waals surface area contributed by atoms with Crippen LogP contribution in [-0.2, 0) is 5.88 Å². The summed E-state index contributed by atoms with van der Waals surface area (Å²) in [7, 11) is 0. The van der Waals surface area contributed by atoms with Crippen molar-refractivity contribution in [3.63, 3.8) is 0 Å². The molecule has 0 radical (unpaired) electrons. The zero-order chi connectivity index (χ0) is 10.3. The van der Waals surface area contributed by atoms with Gasteiger partial charge >= 0.3 is 6.01 Å². The number of hydrogen-bond acceptors (Lipinski definition) is 4. The lowest BCUT2D eigenvalue weighted by Gasteiger charge is -2.18. The summed E-state index contributed by atoms with van der Waals surface area (Å²) in [5.74, 6) is 1.67. The molecule has 2 aliphatic rings. The van der Waals surface area contributed by atoms with Crippen molar-refractivity contribution in [2.24, 2.45) is 5.92 Å². The van der Waals surface area contributed by atoms with E-state index in [4.69, 9.17) is 16.0 Å². The molecule has 0 spiro atoms. The van der Waals surface area contributed by atoms with Gasteiger partial charge in [-0.3, -0.25) is 0 Å². The number of rotatable bonds is 5. The molecule has 2 aliphatic carbocycles. The molecule has 0 N–H and O–H groups in total. The molecule has 0 atom stereocenters. The van der Waals surface area contributed by atoms with Gasteiger partial charge < -0.3 is 9.32 Å². The Morgan fingerprint density at radius 3 is 2.60 bits per heavy atom. The molecule has 15 heavy (non-hydrogen) atoms. The van der Waals surface area contributed by atoms with Gasteiger partial charge in [0, 0.05) is 12.6 Å². The Morgan fingerprint density at radius 1 is 1.27 bits per heavy atom. The Bertz CT molecular complexity index is 346. The van der Waals surface area contributed by atoms with Crippen LogP contribution in [0.4, 0.5) is 6.01 Å². The highest BCUT2D eigenvalue weighted by Gasteiger charge is 2.36. The summed E-state index contributed by atoms with van der Waals surface area (Å²) in [5, 5.41) is 7.96. The van der Waals surface area contributed by atoms with Crippen molar-refractivity contribution < 1.29 is 4.42 Å². The van der Waals surface area contributed by atoms with E-state index in [0.29, 0.717) is 23.8 Å². The minimum atomic E-state index is 0.301.